The van der Waals surface area contributed by atoms with Crippen LogP contribution in [0.4, 0.5) is 0 Å². The molecule has 3 heterocycles. The Labute approximate surface area is 154 Å². The fraction of sp³-hybridized carbons (Fsp3) is 0.429. The molecule has 0 saturated carbocycles. The van der Waals surface area contributed by atoms with E-state index in [9.17, 15) is 4.79 Å². The van der Waals surface area contributed by atoms with Crippen molar-refractivity contribution in [2.75, 3.05) is 26.2 Å². The number of para-hydroxylation sites is 1. The molecule has 1 amide bonds. The Morgan fingerprint density at radius 1 is 1.15 bits per heavy atom. The van der Waals surface area contributed by atoms with E-state index in [-0.39, 0.29) is 11.9 Å². The highest BCUT2D eigenvalue weighted by molar-refractivity contribution is 5.94. The van der Waals surface area contributed by atoms with Gasteiger partial charge in [0.1, 0.15) is 5.75 Å². The number of hydrogen-bond donors (Lipinski definition) is 1. The van der Waals surface area contributed by atoms with Crippen molar-refractivity contribution in [3.05, 3.63) is 59.9 Å². The number of amides is 1. The molecule has 0 spiro atoms. The number of nitrogens with one attached hydrogen (secondary N) is 1. The van der Waals surface area contributed by atoms with Gasteiger partial charge in [-0.25, -0.2) is 0 Å². The maximum atomic E-state index is 12.3. The zero-order chi connectivity index (χ0) is 17.8. The third-order valence-corrected chi connectivity index (χ3v) is 5.41. The summed E-state index contributed by atoms with van der Waals surface area (Å²) >= 11 is 0. The largest absolute Gasteiger partial charge is 0.493 e. The number of fused-ring (bicyclic) bond motifs is 1. The second-order valence-corrected chi connectivity index (χ2v) is 7.16. The van der Waals surface area contributed by atoms with E-state index in [4.69, 9.17) is 4.74 Å². The number of hydrogen-bond acceptors (Lipinski definition) is 4. The number of ether oxygens (including phenoxy) is 1. The predicted molar refractivity (Wildman–Crippen MR) is 100 cm³/mol. The summed E-state index contributed by atoms with van der Waals surface area (Å²) in [5.41, 5.74) is 1.97. The summed E-state index contributed by atoms with van der Waals surface area (Å²) in [6.07, 6.45) is 6.37. The molecule has 5 heteroatoms. The van der Waals surface area contributed by atoms with Crippen LogP contribution in [-0.4, -0.2) is 48.1 Å². The minimum atomic E-state index is -0.0186. The van der Waals surface area contributed by atoms with Crippen LogP contribution >= 0.6 is 0 Å². The van der Waals surface area contributed by atoms with Gasteiger partial charge in [-0.3, -0.25) is 9.78 Å². The Hall–Kier alpha value is -2.40. The molecule has 1 aromatic carbocycles. The molecular formula is C21H25N3O2. The Kier molecular flexibility index (Phi) is 5.16. The van der Waals surface area contributed by atoms with Gasteiger partial charge in [0.05, 0.1) is 12.2 Å². The number of pyridine rings is 1. The van der Waals surface area contributed by atoms with Crippen molar-refractivity contribution in [1.29, 1.82) is 0 Å². The summed E-state index contributed by atoms with van der Waals surface area (Å²) in [6, 6.07) is 12.3. The smallest absolute Gasteiger partial charge is 0.253 e. The third kappa shape index (κ3) is 3.88. The molecule has 2 aliphatic rings. The van der Waals surface area contributed by atoms with Crippen molar-refractivity contribution in [3.8, 4) is 5.75 Å². The standard InChI is InChI=1S/C21H25N3O2/c25-21(16-4-3-10-22-14-16)23-18-7-11-24(12-8-18)15-17-9-13-26-20-6-2-1-5-19(17)20/h1-6,10,14,17-18H,7-9,11-13,15H2,(H,23,25). The fourth-order valence-electron chi connectivity index (χ4n) is 3.94. The Morgan fingerprint density at radius 3 is 2.81 bits per heavy atom. The Bertz CT molecular complexity index is 742. The SMILES string of the molecule is O=C(NC1CCN(CC2CCOc3ccccc32)CC1)c1cccnc1. The highest BCUT2D eigenvalue weighted by Gasteiger charge is 2.26. The number of nitrogens with zero attached hydrogens (tertiary/aromatic N) is 2. The number of carbonyl (C=O) groups excluding carboxylic acids is 1. The van der Waals surface area contributed by atoms with E-state index in [1.807, 2.05) is 6.07 Å². The minimum Gasteiger partial charge on any atom is -0.493 e. The topological polar surface area (TPSA) is 54.5 Å². The molecule has 0 radical (unpaired) electrons. The van der Waals surface area contributed by atoms with Crippen LogP contribution in [0, 0.1) is 0 Å². The Morgan fingerprint density at radius 2 is 2.00 bits per heavy atom. The van der Waals surface area contributed by atoms with E-state index in [0.29, 0.717) is 11.5 Å². The van der Waals surface area contributed by atoms with Gasteiger partial charge in [0.25, 0.3) is 5.91 Å². The van der Waals surface area contributed by atoms with Gasteiger partial charge in [-0.1, -0.05) is 18.2 Å². The van der Waals surface area contributed by atoms with E-state index in [1.54, 1.807) is 24.5 Å². The first-order valence-corrected chi connectivity index (χ1v) is 9.44. The van der Waals surface area contributed by atoms with Crippen LogP contribution in [0.5, 0.6) is 5.75 Å². The zero-order valence-corrected chi connectivity index (χ0v) is 14.9. The van der Waals surface area contributed by atoms with Crippen LogP contribution in [0.2, 0.25) is 0 Å². The Balaban J connectivity index is 1.29. The van der Waals surface area contributed by atoms with Gasteiger partial charge in [-0.05, 0) is 43.0 Å². The van der Waals surface area contributed by atoms with Crippen molar-refractivity contribution in [2.45, 2.75) is 31.2 Å². The summed E-state index contributed by atoms with van der Waals surface area (Å²) in [5.74, 6) is 1.57. The quantitative estimate of drug-likeness (QED) is 0.920. The van der Waals surface area contributed by atoms with Gasteiger partial charge < -0.3 is 15.0 Å². The first-order chi connectivity index (χ1) is 12.8. The van der Waals surface area contributed by atoms with Gasteiger partial charge in [0.15, 0.2) is 0 Å². The minimum absolute atomic E-state index is 0.0186. The van der Waals surface area contributed by atoms with E-state index >= 15 is 0 Å². The lowest BCUT2D eigenvalue weighted by atomic mass is 9.91. The molecule has 1 saturated heterocycles. The fourth-order valence-corrected chi connectivity index (χ4v) is 3.94. The number of aromatic nitrogens is 1. The monoisotopic (exact) mass is 351 g/mol. The van der Waals surface area contributed by atoms with Crippen LogP contribution in [0.1, 0.15) is 41.1 Å². The van der Waals surface area contributed by atoms with Crippen LogP contribution < -0.4 is 10.1 Å². The second kappa shape index (κ2) is 7.87. The third-order valence-electron chi connectivity index (χ3n) is 5.41. The average Bonchev–Trinajstić information content (AvgIpc) is 2.70. The summed E-state index contributed by atoms with van der Waals surface area (Å²) in [6.45, 7) is 3.93. The van der Waals surface area contributed by atoms with E-state index in [0.717, 1.165) is 51.3 Å². The molecule has 1 atom stereocenters. The molecule has 1 N–H and O–H groups in total. The molecule has 4 rings (SSSR count). The summed E-state index contributed by atoms with van der Waals surface area (Å²) in [4.78, 5) is 18.8. The molecule has 1 unspecified atom stereocenters. The molecule has 136 valence electrons. The molecular weight excluding hydrogens is 326 g/mol. The lowest BCUT2D eigenvalue weighted by Crippen LogP contribution is -2.45. The molecule has 2 aliphatic heterocycles. The maximum Gasteiger partial charge on any atom is 0.253 e. The van der Waals surface area contributed by atoms with Gasteiger partial charge in [0.2, 0.25) is 0 Å². The zero-order valence-electron chi connectivity index (χ0n) is 14.9. The van der Waals surface area contributed by atoms with Gasteiger partial charge in [0, 0.05) is 44.0 Å². The van der Waals surface area contributed by atoms with Crippen LogP contribution in [0.3, 0.4) is 0 Å². The van der Waals surface area contributed by atoms with Crippen LogP contribution in [0.25, 0.3) is 0 Å². The van der Waals surface area contributed by atoms with E-state index < -0.39 is 0 Å². The van der Waals surface area contributed by atoms with Gasteiger partial charge in [-0.2, -0.15) is 0 Å². The maximum absolute atomic E-state index is 12.3. The molecule has 1 aromatic heterocycles. The normalized spacial score (nSPS) is 20.8. The average molecular weight is 351 g/mol. The van der Waals surface area contributed by atoms with Crippen molar-refractivity contribution in [1.82, 2.24) is 15.2 Å². The summed E-state index contributed by atoms with van der Waals surface area (Å²) < 4.78 is 5.77. The van der Waals surface area contributed by atoms with E-state index in [2.05, 4.69) is 33.4 Å². The molecule has 26 heavy (non-hydrogen) atoms. The van der Waals surface area contributed by atoms with E-state index in [1.165, 1.54) is 5.56 Å². The second-order valence-electron chi connectivity index (χ2n) is 7.16. The number of rotatable bonds is 4. The first kappa shape index (κ1) is 17.0. The molecule has 1 fully saturated rings. The predicted octanol–water partition coefficient (Wildman–Crippen LogP) is 2.84. The van der Waals surface area contributed by atoms with Crippen molar-refractivity contribution in [3.63, 3.8) is 0 Å². The van der Waals surface area contributed by atoms with Gasteiger partial charge >= 0.3 is 0 Å². The molecule has 2 aromatic rings. The van der Waals surface area contributed by atoms with Crippen molar-refractivity contribution < 1.29 is 9.53 Å². The van der Waals surface area contributed by atoms with Crippen molar-refractivity contribution >= 4 is 5.91 Å². The number of likely N-dealkylation sites (tertiary alicyclic amines) is 1. The highest BCUT2D eigenvalue weighted by Crippen LogP contribution is 2.34. The molecule has 5 nitrogen and oxygen atoms in total. The number of piperidine rings is 1. The highest BCUT2D eigenvalue weighted by atomic mass is 16.5. The van der Waals surface area contributed by atoms with Crippen LogP contribution in [-0.2, 0) is 0 Å². The number of benzene rings is 1. The van der Waals surface area contributed by atoms with Crippen molar-refractivity contribution in [2.24, 2.45) is 0 Å². The number of carbonyl (C=O) groups is 1. The first-order valence-electron chi connectivity index (χ1n) is 9.44. The summed E-state index contributed by atoms with van der Waals surface area (Å²) in [5, 5.41) is 3.15. The molecule has 0 bridgehead atoms. The molecule has 0 aliphatic carbocycles. The van der Waals surface area contributed by atoms with Crippen LogP contribution in [0.15, 0.2) is 48.8 Å². The lowest BCUT2D eigenvalue weighted by Gasteiger charge is -2.36. The lowest BCUT2D eigenvalue weighted by molar-refractivity contribution is 0.0906. The van der Waals surface area contributed by atoms with Gasteiger partial charge in [-0.15, -0.1) is 0 Å². The summed E-state index contributed by atoms with van der Waals surface area (Å²) in [7, 11) is 0.